The molecule has 0 saturated heterocycles. The summed E-state index contributed by atoms with van der Waals surface area (Å²) >= 11 is 0. The molecular weight excluding hydrogens is 318 g/mol. The number of para-hydroxylation sites is 1. The van der Waals surface area contributed by atoms with E-state index in [0.717, 1.165) is 52.2 Å². The second-order valence-electron chi connectivity index (χ2n) is 6.91. The van der Waals surface area contributed by atoms with Gasteiger partial charge in [0, 0.05) is 34.8 Å². The number of aryl methyl sites for hydroxylation is 2. The van der Waals surface area contributed by atoms with Gasteiger partial charge in [0.25, 0.3) is 0 Å². The summed E-state index contributed by atoms with van der Waals surface area (Å²) in [4.78, 5) is 13.5. The molecule has 0 saturated carbocycles. The van der Waals surface area contributed by atoms with Crippen LogP contribution in [0.2, 0.25) is 0 Å². The molecule has 0 fully saturated rings. The standard InChI is InChI=1S/C24H23NO/c1-3-4-15-25-16-22(20-11-7-8-12-23(20)25)24(26)21-14-13-17(2)18-9-5-6-10-19(18)21/h5-14,16H,3-4,15H2,1-2H3. The van der Waals surface area contributed by atoms with Crippen molar-refractivity contribution in [2.45, 2.75) is 33.2 Å². The lowest BCUT2D eigenvalue weighted by Crippen LogP contribution is -2.02. The molecule has 1 aromatic heterocycles. The van der Waals surface area contributed by atoms with E-state index < -0.39 is 0 Å². The number of hydrogen-bond donors (Lipinski definition) is 0. The summed E-state index contributed by atoms with van der Waals surface area (Å²) in [6, 6.07) is 20.4. The fraction of sp³-hybridized carbons (Fsp3) is 0.208. The summed E-state index contributed by atoms with van der Waals surface area (Å²) in [6.07, 6.45) is 4.29. The highest BCUT2D eigenvalue weighted by Crippen LogP contribution is 2.28. The summed E-state index contributed by atoms with van der Waals surface area (Å²) in [5.74, 6) is 0.104. The van der Waals surface area contributed by atoms with E-state index in [0.29, 0.717) is 0 Å². The molecule has 0 spiro atoms. The number of rotatable bonds is 5. The van der Waals surface area contributed by atoms with Crippen molar-refractivity contribution in [3.05, 3.63) is 83.6 Å². The van der Waals surface area contributed by atoms with Gasteiger partial charge in [0.05, 0.1) is 0 Å². The number of carbonyl (C=O) groups excluding carboxylic acids is 1. The van der Waals surface area contributed by atoms with E-state index in [-0.39, 0.29) is 5.78 Å². The molecule has 0 aliphatic rings. The summed E-state index contributed by atoms with van der Waals surface area (Å²) in [5.41, 5.74) is 3.92. The second-order valence-corrected chi connectivity index (χ2v) is 6.91. The van der Waals surface area contributed by atoms with Gasteiger partial charge < -0.3 is 4.57 Å². The normalized spacial score (nSPS) is 11.3. The van der Waals surface area contributed by atoms with Crippen LogP contribution in [0.15, 0.2) is 66.9 Å². The Bertz CT molecular complexity index is 1100. The number of unbranched alkanes of at least 4 members (excludes halogenated alkanes) is 1. The van der Waals surface area contributed by atoms with Crippen LogP contribution in [0.5, 0.6) is 0 Å². The van der Waals surface area contributed by atoms with E-state index >= 15 is 0 Å². The van der Waals surface area contributed by atoms with Crippen molar-refractivity contribution in [2.24, 2.45) is 0 Å². The summed E-state index contributed by atoms with van der Waals surface area (Å²) < 4.78 is 2.22. The summed E-state index contributed by atoms with van der Waals surface area (Å²) in [7, 11) is 0. The Morgan fingerprint density at radius 1 is 0.846 bits per heavy atom. The summed E-state index contributed by atoms with van der Waals surface area (Å²) in [5, 5.41) is 3.22. The zero-order valence-electron chi connectivity index (χ0n) is 15.3. The van der Waals surface area contributed by atoms with Gasteiger partial charge in [0.15, 0.2) is 5.78 Å². The van der Waals surface area contributed by atoms with Crippen LogP contribution in [-0.4, -0.2) is 10.4 Å². The van der Waals surface area contributed by atoms with Gasteiger partial charge in [-0.15, -0.1) is 0 Å². The van der Waals surface area contributed by atoms with Gasteiger partial charge in [0.1, 0.15) is 0 Å². The molecular formula is C24H23NO. The fourth-order valence-corrected chi connectivity index (χ4v) is 3.73. The van der Waals surface area contributed by atoms with Gasteiger partial charge in [-0.3, -0.25) is 4.79 Å². The van der Waals surface area contributed by atoms with Crippen LogP contribution >= 0.6 is 0 Å². The van der Waals surface area contributed by atoms with Crippen LogP contribution in [0.1, 0.15) is 41.3 Å². The molecule has 0 unspecified atom stereocenters. The van der Waals surface area contributed by atoms with Crippen molar-refractivity contribution in [3.63, 3.8) is 0 Å². The molecule has 0 radical (unpaired) electrons. The van der Waals surface area contributed by atoms with Crippen LogP contribution in [0.25, 0.3) is 21.7 Å². The molecule has 130 valence electrons. The molecule has 4 aromatic rings. The van der Waals surface area contributed by atoms with Crippen LogP contribution in [0.3, 0.4) is 0 Å². The number of carbonyl (C=O) groups is 1. The van der Waals surface area contributed by atoms with Gasteiger partial charge in [0.2, 0.25) is 0 Å². The van der Waals surface area contributed by atoms with Crippen LogP contribution < -0.4 is 0 Å². The Hall–Kier alpha value is -2.87. The Morgan fingerprint density at radius 2 is 1.54 bits per heavy atom. The minimum Gasteiger partial charge on any atom is -0.347 e. The Labute approximate surface area is 154 Å². The van der Waals surface area contributed by atoms with E-state index in [1.54, 1.807) is 0 Å². The smallest absolute Gasteiger partial charge is 0.195 e. The predicted molar refractivity (Wildman–Crippen MR) is 109 cm³/mol. The molecule has 0 N–H and O–H groups in total. The van der Waals surface area contributed by atoms with Crippen molar-refractivity contribution in [1.29, 1.82) is 0 Å². The highest BCUT2D eigenvalue weighted by Gasteiger charge is 2.18. The minimum atomic E-state index is 0.104. The minimum absolute atomic E-state index is 0.104. The molecule has 0 aliphatic heterocycles. The topological polar surface area (TPSA) is 22.0 Å². The monoisotopic (exact) mass is 341 g/mol. The predicted octanol–water partition coefficient (Wildman–Crippen LogP) is 6.13. The van der Waals surface area contributed by atoms with Gasteiger partial charge in [-0.25, -0.2) is 0 Å². The maximum absolute atomic E-state index is 13.5. The van der Waals surface area contributed by atoms with Gasteiger partial charge >= 0.3 is 0 Å². The van der Waals surface area contributed by atoms with Gasteiger partial charge in [-0.1, -0.05) is 67.9 Å². The third-order valence-electron chi connectivity index (χ3n) is 5.17. The van der Waals surface area contributed by atoms with E-state index in [4.69, 9.17) is 0 Å². The second kappa shape index (κ2) is 6.80. The molecule has 4 rings (SSSR count). The van der Waals surface area contributed by atoms with Crippen molar-refractivity contribution in [2.75, 3.05) is 0 Å². The number of hydrogen-bond acceptors (Lipinski definition) is 1. The molecule has 0 atom stereocenters. The highest BCUT2D eigenvalue weighted by atomic mass is 16.1. The quantitative estimate of drug-likeness (QED) is 0.400. The molecule has 26 heavy (non-hydrogen) atoms. The lowest BCUT2D eigenvalue weighted by molar-refractivity contribution is 0.104. The van der Waals surface area contributed by atoms with Crippen molar-refractivity contribution in [3.8, 4) is 0 Å². The van der Waals surface area contributed by atoms with E-state index in [1.165, 1.54) is 5.56 Å². The third kappa shape index (κ3) is 2.72. The lowest BCUT2D eigenvalue weighted by atomic mass is 9.95. The Morgan fingerprint density at radius 3 is 2.31 bits per heavy atom. The fourth-order valence-electron chi connectivity index (χ4n) is 3.73. The van der Waals surface area contributed by atoms with Crippen molar-refractivity contribution >= 4 is 27.5 Å². The lowest BCUT2D eigenvalue weighted by Gasteiger charge is -2.08. The number of aromatic nitrogens is 1. The zero-order valence-corrected chi connectivity index (χ0v) is 15.3. The largest absolute Gasteiger partial charge is 0.347 e. The molecule has 2 heteroatoms. The zero-order chi connectivity index (χ0) is 18.1. The van der Waals surface area contributed by atoms with E-state index in [9.17, 15) is 4.79 Å². The van der Waals surface area contributed by atoms with Crippen molar-refractivity contribution < 1.29 is 4.79 Å². The summed E-state index contributed by atoms with van der Waals surface area (Å²) in [6.45, 7) is 5.22. The van der Waals surface area contributed by atoms with Crippen LogP contribution in [0, 0.1) is 6.92 Å². The Balaban J connectivity index is 1.89. The first-order valence-electron chi connectivity index (χ1n) is 9.31. The molecule has 0 aliphatic carbocycles. The van der Waals surface area contributed by atoms with E-state index in [1.807, 2.05) is 48.7 Å². The number of benzene rings is 3. The van der Waals surface area contributed by atoms with Gasteiger partial charge in [-0.05, 0) is 35.7 Å². The molecule has 0 bridgehead atoms. The highest BCUT2D eigenvalue weighted by molar-refractivity contribution is 6.21. The average Bonchev–Trinajstić information content (AvgIpc) is 3.05. The number of nitrogens with zero attached hydrogens (tertiary/aromatic N) is 1. The van der Waals surface area contributed by atoms with Crippen molar-refractivity contribution in [1.82, 2.24) is 4.57 Å². The van der Waals surface area contributed by atoms with Crippen LogP contribution in [0.4, 0.5) is 0 Å². The maximum Gasteiger partial charge on any atom is 0.195 e. The molecule has 2 nitrogen and oxygen atoms in total. The number of ketones is 1. The maximum atomic E-state index is 13.5. The molecule has 1 heterocycles. The average molecular weight is 341 g/mol. The number of fused-ring (bicyclic) bond motifs is 2. The third-order valence-corrected chi connectivity index (χ3v) is 5.17. The van der Waals surface area contributed by atoms with E-state index in [2.05, 4.69) is 36.6 Å². The molecule has 3 aromatic carbocycles. The SMILES string of the molecule is CCCCn1cc(C(=O)c2ccc(C)c3ccccc23)c2ccccc21. The first-order valence-corrected chi connectivity index (χ1v) is 9.31. The molecule has 0 amide bonds. The first-order chi connectivity index (χ1) is 12.7. The first kappa shape index (κ1) is 16.6. The Kier molecular flexibility index (Phi) is 4.34. The van der Waals surface area contributed by atoms with Crippen LogP contribution in [-0.2, 0) is 6.54 Å². The van der Waals surface area contributed by atoms with Gasteiger partial charge in [-0.2, -0.15) is 0 Å².